The molecule has 0 bridgehead atoms. The molecule has 0 saturated heterocycles. The van der Waals surface area contributed by atoms with Crippen LogP contribution < -0.4 is 10.1 Å². The molecule has 0 heterocycles. The molecular formula is C16H15F2NO2. The highest BCUT2D eigenvalue weighted by molar-refractivity contribution is 6.06. The molecule has 0 radical (unpaired) electrons. The quantitative estimate of drug-likeness (QED) is 0.918. The van der Waals surface area contributed by atoms with Gasteiger partial charge in [0.15, 0.2) is 0 Å². The van der Waals surface area contributed by atoms with Crippen molar-refractivity contribution in [3.63, 3.8) is 0 Å². The van der Waals surface area contributed by atoms with E-state index in [1.165, 1.54) is 12.1 Å². The van der Waals surface area contributed by atoms with Gasteiger partial charge >= 0.3 is 6.61 Å². The number of nitrogens with one attached hydrogen (secondary N) is 1. The molecule has 0 aliphatic carbocycles. The molecule has 0 unspecified atom stereocenters. The van der Waals surface area contributed by atoms with Crippen molar-refractivity contribution in [2.45, 2.75) is 20.5 Å². The average Bonchev–Trinajstić information content (AvgIpc) is 2.43. The number of hydrogen-bond acceptors (Lipinski definition) is 2. The molecular weight excluding hydrogens is 276 g/mol. The first-order valence-corrected chi connectivity index (χ1v) is 6.40. The highest BCUT2D eigenvalue weighted by Gasteiger charge is 2.14. The Hall–Kier alpha value is -2.43. The van der Waals surface area contributed by atoms with Crippen LogP contribution in [0.1, 0.15) is 21.5 Å². The van der Waals surface area contributed by atoms with Gasteiger partial charge in [-0.2, -0.15) is 8.78 Å². The number of benzene rings is 2. The van der Waals surface area contributed by atoms with Crippen molar-refractivity contribution in [1.29, 1.82) is 0 Å². The van der Waals surface area contributed by atoms with E-state index in [1.807, 2.05) is 26.0 Å². The first-order chi connectivity index (χ1) is 9.97. The number of anilines is 1. The fourth-order valence-electron chi connectivity index (χ4n) is 1.94. The van der Waals surface area contributed by atoms with E-state index < -0.39 is 6.61 Å². The number of ether oxygens (including phenoxy) is 1. The summed E-state index contributed by atoms with van der Waals surface area (Å²) in [4.78, 5) is 12.3. The molecule has 0 atom stereocenters. The van der Waals surface area contributed by atoms with E-state index in [2.05, 4.69) is 10.1 Å². The normalized spacial score (nSPS) is 10.5. The summed E-state index contributed by atoms with van der Waals surface area (Å²) in [5.41, 5.74) is 2.47. The lowest BCUT2D eigenvalue weighted by Gasteiger charge is -2.13. The maximum Gasteiger partial charge on any atom is 0.387 e. The Morgan fingerprint density at radius 1 is 1.14 bits per heavy atom. The summed E-state index contributed by atoms with van der Waals surface area (Å²) >= 11 is 0. The van der Waals surface area contributed by atoms with Crippen LogP contribution in [0.15, 0.2) is 42.5 Å². The zero-order chi connectivity index (χ0) is 15.4. The third-order valence-electron chi connectivity index (χ3n) is 2.99. The van der Waals surface area contributed by atoms with Gasteiger partial charge < -0.3 is 10.1 Å². The minimum atomic E-state index is -2.94. The van der Waals surface area contributed by atoms with E-state index in [9.17, 15) is 13.6 Å². The zero-order valence-corrected chi connectivity index (χ0v) is 11.7. The minimum absolute atomic E-state index is 0.0637. The number of hydrogen-bond donors (Lipinski definition) is 1. The lowest BCUT2D eigenvalue weighted by molar-refractivity contribution is -0.0493. The highest BCUT2D eigenvalue weighted by atomic mass is 19.3. The molecule has 0 aliphatic rings. The van der Waals surface area contributed by atoms with E-state index in [4.69, 9.17) is 0 Å². The summed E-state index contributed by atoms with van der Waals surface area (Å²) < 4.78 is 29.1. The van der Waals surface area contributed by atoms with Gasteiger partial charge in [-0.25, -0.2) is 0 Å². The summed E-state index contributed by atoms with van der Waals surface area (Å²) in [6.45, 7) is 0.753. The maximum absolute atomic E-state index is 12.3. The molecule has 1 N–H and O–H groups in total. The number of amides is 1. The molecule has 5 heteroatoms. The zero-order valence-electron chi connectivity index (χ0n) is 11.7. The van der Waals surface area contributed by atoms with Crippen molar-refractivity contribution < 1.29 is 18.3 Å². The Bertz CT molecular complexity index is 656. The van der Waals surface area contributed by atoms with Gasteiger partial charge in [-0.05, 0) is 37.6 Å². The van der Waals surface area contributed by atoms with E-state index in [-0.39, 0.29) is 17.3 Å². The van der Waals surface area contributed by atoms with Gasteiger partial charge in [-0.1, -0.05) is 29.8 Å². The van der Waals surface area contributed by atoms with Crippen molar-refractivity contribution in [2.75, 3.05) is 5.32 Å². The number of rotatable bonds is 4. The molecule has 2 aromatic carbocycles. The largest absolute Gasteiger partial charge is 0.433 e. The van der Waals surface area contributed by atoms with Gasteiger partial charge in [0.05, 0.1) is 5.69 Å². The molecule has 0 fully saturated rings. The number of carbonyl (C=O) groups is 1. The molecule has 0 aliphatic heterocycles. The molecule has 110 valence electrons. The second-order valence-corrected chi connectivity index (χ2v) is 4.65. The Morgan fingerprint density at radius 3 is 2.57 bits per heavy atom. The van der Waals surface area contributed by atoms with Crippen LogP contribution in [0.4, 0.5) is 14.5 Å². The lowest BCUT2D eigenvalue weighted by Crippen LogP contribution is -2.15. The fraction of sp³-hybridized carbons (Fsp3) is 0.188. The van der Waals surface area contributed by atoms with E-state index in [0.717, 1.165) is 11.1 Å². The van der Waals surface area contributed by atoms with Gasteiger partial charge in [-0.3, -0.25) is 4.79 Å². The summed E-state index contributed by atoms with van der Waals surface area (Å²) in [6, 6.07) is 11.6. The minimum Gasteiger partial charge on any atom is -0.433 e. The summed E-state index contributed by atoms with van der Waals surface area (Å²) in [5.74, 6) is -0.423. The molecule has 21 heavy (non-hydrogen) atoms. The Balaban J connectivity index is 2.25. The van der Waals surface area contributed by atoms with Crippen molar-refractivity contribution in [2.24, 2.45) is 0 Å². The van der Waals surface area contributed by atoms with Crippen molar-refractivity contribution >= 4 is 11.6 Å². The van der Waals surface area contributed by atoms with Gasteiger partial charge in [0, 0.05) is 5.56 Å². The first-order valence-electron chi connectivity index (χ1n) is 6.40. The van der Waals surface area contributed by atoms with Crippen LogP contribution in [-0.4, -0.2) is 12.5 Å². The third-order valence-corrected chi connectivity index (χ3v) is 2.99. The number of halogens is 2. The fourth-order valence-corrected chi connectivity index (χ4v) is 1.94. The second-order valence-electron chi connectivity index (χ2n) is 4.65. The number of alkyl halides is 2. The van der Waals surface area contributed by atoms with E-state index in [0.29, 0.717) is 5.56 Å². The third kappa shape index (κ3) is 3.78. The highest BCUT2D eigenvalue weighted by Crippen LogP contribution is 2.26. The molecule has 2 aromatic rings. The van der Waals surface area contributed by atoms with Gasteiger partial charge in [-0.15, -0.1) is 0 Å². The predicted molar refractivity (Wildman–Crippen MR) is 76.9 cm³/mol. The second kappa shape index (κ2) is 6.35. The number of aryl methyl sites for hydroxylation is 2. The van der Waals surface area contributed by atoms with E-state index in [1.54, 1.807) is 18.2 Å². The topological polar surface area (TPSA) is 38.3 Å². The van der Waals surface area contributed by atoms with Crippen LogP contribution in [-0.2, 0) is 0 Å². The lowest BCUT2D eigenvalue weighted by atomic mass is 10.0. The SMILES string of the molecule is Cc1ccc(C)c(C(=O)Nc2ccccc2OC(F)F)c1. The number of carbonyl (C=O) groups excluding carboxylic acids is 1. The predicted octanol–water partition coefficient (Wildman–Crippen LogP) is 4.16. The Morgan fingerprint density at radius 2 is 1.86 bits per heavy atom. The van der Waals surface area contributed by atoms with Crippen molar-refractivity contribution in [1.82, 2.24) is 0 Å². The smallest absolute Gasteiger partial charge is 0.387 e. The van der Waals surface area contributed by atoms with Gasteiger partial charge in [0.2, 0.25) is 0 Å². The standard InChI is InChI=1S/C16H15F2NO2/c1-10-7-8-11(2)12(9-10)15(20)19-13-5-3-4-6-14(13)21-16(17)18/h3-9,16H,1-2H3,(H,19,20). The number of para-hydroxylation sites is 2. The molecule has 3 nitrogen and oxygen atoms in total. The van der Waals surface area contributed by atoms with Crippen LogP contribution in [0.25, 0.3) is 0 Å². The summed E-state index contributed by atoms with van der Waals surface area (Å²) in [6.07, 6.45) is 0. The average molecular weight is 291 g/mol. The molecule has 0 saturated carbocycles. The van der Waals surface area contributed by atoms with Crippen LogP contribution in [0, 0.1) is 13.8 Å². The van der Waals surface area contributed by atoms with Crippen LogP contribution in [0.5, 0.6) is 5.75 Å². The molecule has 0 spiro atoms. The molecule has 0 aromatic heterocycles. The molecule has 1 amide bonds. The Kier molecular flexibility index (Phi) is 4.52. The Labute approximate surface area is 121 Å². The van der Waals surface area contributed by atoms with E-state index >= 15 is 0 Å². The summed E-state index contributed by atoms with van der Waals surface area (Å²) in [5, 5.41) is 2.60. The van der Waals surface area contributed by atoms with Crippen molar-refractivity contribution in [3.05, 3.63) is 59.2 Å². The first kappa shape index (κ1) is 15.0. The molecule has 2 rings (SSSR count). The van der Waals surface area contributed by atoms with Crippen LogP contribution >= 0.6 is 0 Å². The van der Waals surface area contributed by atoms with Crippen LogP contribution in [0.2, 0.25) is 0 Å². The van der Waals surface area contributed by atoms with Crippen LogP contribution in [0.3, 0.4) is 0 Å². The van der Waals surface area contributed by atoms with Crippen molar-refractivity contribution in [3.8, 4) is 5.75 Å². The van der Waals surface area contributed by atoms with Gasteiger partial charge in [0.25, 0.3) is 5.91 Å². The maximum atomic E-state index is 12.3. The monoisotopic (exact) mass is 291 g/mol. The summed E-state index contributed by atoms with van der Waals surface area (Å²) in [7, 11) is 0. The van der Waals surface area contributed by atoms with Gasteiger partial charge in [0.1, 0.15) is 5.75 Å².